The van der Waals surface area contributed by atoms with Gasteiger partial charge in [-0.2, -0.15) is 0 Å². The highest BCUT2D eigenvalue weighted by atomic mass is 15.2. The number of hydrogen-bond acceptors (Lipinski definition) is 2. The molecule has 2 nitrogen and oxygen atoms in total. The predicted molar refractivity (Wildman–Crippen MR) is 87.0 cm³/mol. The lowest BCUT2D eigenvalue weighted by atomic mass is 10.0. The third-order valence-corrected chi connectivity index (χ3v) is 4.16. The summed E-state index contributed by atoms with van der Waals surface area (Å²) < 4.78 is 0. The summed E-state index contributed by atoms with van der Waals surface area (Å²) in [6, 6.07) is 9.81. The van der Waals surface area contributed by atoms with E-state index in [1.165, 1.54) is 43.6 Å². The molecule has 1 unspecified atom stereocenters. The lowest BCUT2D eigenvalue weighted by molar-refractivity contribution is 0.247. The Morgan fingerprint density at radius 2 is 1.90 bits per heavy atom. The monoisotopic (exact) mass is 274 g/mol. The van der Waals surface area contributed by atoms with Crippen LogP contribution in [0.4, 0.5) is 0 Å². The molecule has 2 heteroatoms. The third-order valence-electron chi connectivity index (χ3n) is 4.16. The number of benzene rings is 1. The molecule has 1 fully saturated rings. The van der Waals surface area contributed by atoms with E-state index in [4.69, 9.17) is 0 Å². The Morgan fingerprint density at radius 1 is 1.20 bits per heavy atom. The van der Waals surface area contributed by atoms with Gasteiger partial charge in [0.15, 0.2) is 0 Å². The zero-order valence-electron chi connectivity index (χ0n) is 13.4. The summed E-state index contributed by atoms with van der Waals surface area (Å²) in [7, 11) is 0. The van der Waals surface area contributed by atoms with Gasteiger partial charge in [0, 0.05) is 19.1 Å². The summed E-state index contributed by atoms with van der Waals surface area (Å²) in [5.41, 5.74) is 2.89. The molecule has 1 saturated heterocycles. The van der Waals surface area contributed by atoms with Gasteiger partial charge in [-0.25, -0.2) is 0 Å². The Balaban J connectivity index is 1.92. The Morgan fingerprint density at radius 3 is 2.55 bits per heavy atom. The average Bonchev–Trinajstić information content (AvgIpc) is 2.64. The first-order valence-corrected chi connectivity index (χ1v) is 8.21. The van der Waals surface area contributed by atoms with Gasteiger partial charge in [-0.05, 0) is 49.4 Å². The summed E-state index contributed by atoms with van der Waals surface area (Å²) in [5.74, 6) is 0.774. The highest BCUT2D eigenvalue weighted by Crippen LogP contribution is 2.13. The molecule has 1 aliphatic heterocycles. The minimum Gasteiger partial charge on any atom is -0.313 e. The van der Waals surface area contributed by atoms with Crippen LogP contribution in [0.25, 0.3) is 0 Å². The summed E-state index contributed by atoms with van der Waals surface area (Å²) in [5, 5.41) is 3.71. The minimum atomic E-state index is 0.660. The normalized spacial score (nSPS) is 21.1. The average molecular weight is 274 g/mol. The zero-order valence-corrected chi connectivity index (χ0v) is 13.4. The summed E-state index contributed by atoms with van der Waals surface area (Å²) in [6.45, 7) is 11.5. The number of nitrogens with zero attached hydrogens (tertiary/aromatic N) is 1. The van der Waals surface area contributed by atoms with E-state index in [-0.39, 0.29) is 0 Å². The smallest absolute Gasteiger partial charge is 0.0234 e. The number of nitrogens with one attached hydrogen (secondary N) is 1. The van der Waals surface area contributed by atoms with Crippen molar-refractivity contribution in [3.05, 3.63) is 35.4 Å². The van der Waals surface area contributed by atoms with Crippen molar-refractivity contribution in [3.63, 3.8) is 0 Å². The molecule has 2 rings (SSSR count). The standard InChI is InChI=1S/C18H30N2/c1-4-16-6-8-17(9-7-16)13-20-11-5-10-19-18(14-20)12-15(2)3/h6-9,15,18-19H,4-5,10-14H2,1-3H3. The number of rotatable bonds is 5. The van der Waals surface area contributed by atoms with Gasteiger partial charge >= 0.3 is 0 Å². The third kappa shape index (κ3) is 4.92. The van der Waals surface area contributed by atoms with E-state index in [9.17, 15) is 0 Å². The highest BCUT2D eigenvalue weighted by Gasteiger charge is 2.18. The first-order chi connectivity index (χ1) is 9.67. The van der Waals surface area contributed by atoms with Gasteiger partial charge in [0.05, 0.1) is 0 Å². The van der Waals surface area contributed by atoms with Crippen molar-refractivity contribution in [1.82, 2.24) is 10.2 Å². The van der Waals surface area contributed by atoms with E-state index in [1.54, 1.807) is 0 Å². The first-order valence-electron chi connectivity index (χ1n) is 8.21. The van der Waals surface area contributed by atoms with E-state index in [0.717, 1.165) is 18.9 Å². The maximum Gasteiger partial charge on any atom is 0.0234 e. The molecule has 1 aromatic rings. The van der Waals surface area contributed by atoms with Crippen molar-refractivity contribution in [1.29, 1.82) is 0 Å². The van der Waals surface area contributed by atoms with Gasteiger partial charge in [0.1, 0.15) is 0 Å². The second-order valence-electron chi connectivity index (χ2n) is 6.54. The van der Waals surface area contributed by atoms with Crippen LogP contribution in [0.15, 0.2) is 24.3 Å². The second-order valence-corrected chi connectivity index (χ2v) is 6.54. The van der Waals surface area contributed by atoms with Crippen LogP contribution >= 0.6 is 0 Å². The molecule has 0 amide bonds. The Bertz CT molecular complexity index is 383. The van der Waals surface area contributed by atoms with Crippen LogP contribution < -0.4 is 5.32 Å². The van der Waals surface area contributed by atoms with Crippen LogP contribution in [0, 0.1) is 5.92 Å². The van der Waals surface area contributed by atoms with Crippen molar-refractivity contribution in [2.24, 2.45) is 5.92 Å². The fourth-order valence-electron chi connectivity index (χ4n) is 3.09. The van der Waals surface area contributed by atoms with Crippen molar-refractivity contribution < 1.29 is 0 Å². The minimum absolute atomic E-state index is 0.660. The summed E-state index contributed by atoms with van der Waals surface area (Å²) in [6.07, 6.45) is 3.68. The molecule has 20 heavy (non-hydrogen) atoms. The zero-order chi connectivity index (χ0) is 14.4. The van der Waals surface area contributed by atoms with E-state index in [0.29, 0.717) is 6.04 Å². The molecule has 0 bridgehead atoms. The van der Waals surface area contributed by atoms with Gasteiger partial charge in [0.25, 0.3) is 0 Å². The lowest BCUT2D eigenvalue weighted by Crippen LogP contribution is -2.38. The van der Waals surface area contributed by atoms with Crippen molar-refractivity contribution in [2.75, 3.05) is 19.6 Å². The number of aryl methyl sites for hydroxylation is 1. The van der Waals surface area contributed by atoms with Crippen LogP contribution in [0.1, 0.15) is 44.7 Å². The Labute approximate surface area is 124 Å². The van der Waals surface area contributed by atoms with Crippen LogP contribution in [0.5, 0.6) is 0 Å². The van der Waals surface area contributed by atoms with Crippen molar-refractivity contribution in [2.45, 2.75) is 52.6 Å². The van der Waals surface area contributed by atoms with Crippen molar-refractivity contribution in [3.8, 4) is 0 Å². The molecule has 0 aromatic heterocycles. The molecule has 0 spiro atoms. The molecule has 1 aliphatic rings. The van der Waals surface area contributed by atoms with Gasteiger partial charge in [-0.3, -0.25) is 4.90 Å². The molecule has 0 radical (unpaired) electrons. The molecule has 0 saturated carbocycles. The molecular weight excluding hydrogens is 244 g/mol. The molecule has 1 N–H and O–H groups in total. The number of hydrogen-bond donors (Lipinski definition) is 1. The lowest BCUT2D eigenvalue weighted by Gasteiger charge is -2.25. The van der Waals surface area contributed by atoms with Gasteiger partial charge in [-0.1, -0.05) is 45.0 Å². The van der Waals surface area contributed by atoms with Crippen molar-refractivity contribution >= 4 is 0 Å². The topological polar surface area (TPSA) is 15.3 Å². The molecule has 0 aliphatic carbocycles. The van der Waals surface area contributed by atoms with Crippen LogP contribution in [-0.2, 0) is 13.0 Å². The Hall–Kier alpha value is -0.860. The summed E-state index contributed by atoms with van der Waals surface area (Å²) in [4.78, 5) is 2.62. The molecule has 1 aromatic carbocycles. The fourth-order valence-corrected chi connectivity index (χ4v) is 3.09. The highest BCUT2D eigenvalue weighted by molar-refractivity contribution is 5.22. The van der Waals surface area contributed by atoms with Crippen LogP contribution in [0.3, 0.4) is 0 Å². The quantitative estimate of drug-likeness (QED) is 0.884. The SMILES string of the molecule is CCc1ccc(CN2CCCNC(CC(C)C)C2)cc1. The molecule has 112 valence electrons. The molecular formula is C18H30N2. The van der Waals surface area contributed by atoms with Crippen LogP contribution in [0.2, 0.25) is 0 Å². The van der Waals surface area contributed by atoms with Gasteiger partial charge in [0.2, 0.25) is 0 Å². The maximum atomic E-state index is 3.71. The van der Waals surface area contributed by atoms with E-state index in [1.807, 2.05) is 0 Å². The van der Waals surface area contributed by atoms with E-state index in [2.05, 4.69) is 55.3 Å². The predicted octanol–water partition coefficient (Wildman–Crippen LogP) is 3.46. The maximum absolute atomic E-state index is 3.71. The van der Waals surface area contributed by atoms with Gasteiger partial charge < -0.3 is 5.32 Å². The fraction of sp³-hybridized carbons (Fsp3) is 0.667. The van der Waals surface area contributed by atoms with Crippen LogP contribution in [-0.4, -0.2) is 30.6 Å². The van der Waals surface area contributed by atoms with Gasteiger partial charge in [-0.15, -0.1) is 0 Å². The molecule has 1 heterocycles. The summed E-state index contributed by atoms with van der Waals surface area (Å²) >= 11 is 0. The molecule has 1 atom stereocenters. The first kappa shape index (κ1) is 15.5. The Kier molecular flexibility index (Phi) is 6.06. The van der Waals surface area contributed by atoms with E-state index >= 15 is 0 Å². The second kappa shape index (κ2) is 7.80. The largest absolute Gasteiger partial charge is 0.313 e. The van der Waals surface area contributed by atoms with E-state index < -0.39 is 0 Å².